The van der Waals surface area contributed by atoms with E-state index in [1.165, 1.54) is 0 Å². The summed E-state index contributed by atoms with van der Waals surface area (Å²) in [5, 5.41) is 0. The molecule has 0 spiro atoms. The Morgan fingerprint density at radius 3 is 2.64 bits per heavy atom. The molecule has 0 bridgehead atoms. The van der Waals surface area contributed by atoms with E-state index in [1.807, 2.05) is 0 Å². The number of carbonyl (C=O) groups is 2. The summed E-state index contributed by atoms with van der Waals surface area (Å²) < 4.78 is 3.70. The van der Waals surface area contributed by atoms with E-state index in [2.05, 4.69) is 9.33 Å². The van der Waals surface area contributed by atoms with Gasteiger partial charge in [0.05, 0.1) is 0 Å². The van der Waals surface area contributed by atoms with Gasteiger partial charge >= 0.3 is 0 Å². The van der Waals surface area contributed by atoms with Gasteiger partial charge < -0.3 is 4.89 Å². The third-order valence-electron chi connectivity index (χ3n) is 1.04. The van der Waals surface area contributed by atoms with Crippen molar-refractivity contribution in [2.24, 2.45) is 0 Å². The lowest BCUT2D eigenvalue weighted by molar-refractivity contribution is -0.168. The number of allylic oxidation sites excluding steroid dienone is 3. The molecule has 0 heterocycles. The molecule has 0 aromatic carbocycles. The molecule has 0 unspecified atom stereocenters. The summed E-state index contributed by atoms with van der Waals surface area (Å²) in [7, 11) is 0. The van der Waals surface area contributed by atoms with E-state index < -0.39 is 5.78 Å². The zero-order valence-electron chi connectivity index (χ0n) is 5.24. The number of hydrogen-bond acceptors (Lipinski definition) is 4. The van der Waals surface area contributed by atoms with E-state index in [-0.39, 0.29) is 11.5 Å². The van der Waals surface area contributed by atoms with Crippen LogP contribution in [0.25, 0.3) is 0 Å². The number of rotatable bonds is 2. The lowest BCUT2D eigenvalue weighted by Gasteiger charge is -2.01. The van der Waals surface area contributed by atoms with E-state index in [9.17, 15) is 9.59 Å². The fraction of sp³-hybridized carbons (Fsp3) is 0. The Labute approximate surface area is 67.1 Å². The minimum absolute atomic E-state index is 0.215. The van der Waals surface area contributed by atoms with Crippen molar-refractivity contribution in [3.63, 3.8) is 0 Å². The van der Waals surface area contributed by atoms with Gasteiger partial charge in [0.1, 0.15) is 11.9 Å². The van der Waals surface area contributed by atoms with Crippen molar-refractivity contribution in [3.05, 3.63) is 24.0 Å². The first-order valence-electron chi connectivity index (χ1n) is 2.67. The summed E-state index contributed by atoms with van der Waals surface area (Å²) in [5.74, 6) is -1.01. The average molecular weight is 175 g/mol. The molecule has 11 heavy (non-hydrogen) atoms. The van der Waals surface area contributed by atoms with Crippen LogP contribution in [0.15, 0.2) is 24.0 Å². The van der Waals surface area contributed by atoms with Gasteiger partial charge in [0.25, 0.3) is 0 Å². The lowest BCUT2D eigenvalue weighted by Crippen LogP contribution is -2.09. The van der Waals surface area contributed by atoms with Crippen molar-refractivity contribution in [1.29, 1.82) is 0 Å². The molecule has 0 amide bonds. The van der Waals surface area contributed by atoms with E-state index in [0.717, 1.165) is 18.2 Å². The molecule has 1 aliphatic rings. The van der Waals surface area contributed by atoms with Gasteiger partial charge in [0, 0.05) is 6.08 Å². The van der Waals surface area contributed by atoms with Crippen LogP contribution in [0.2, 0.25) is 0 Å². The maximum atomic E-state index is 10.8. The molecule has 5 heteroatoms. The Kier molecular flexibility index (Phi) is 2.40. The second kappa shape index (κ2) is 3.32. The quantitative estimate of drug-likeness (QED) is 0.351. The molecular formula is C6H3ClO4. The van der Waals surface area contributed by atoms with Crippen molar-refractivity contribution in [2.75, 3.05) is 0 Å². The van der Waals surface area contributed by atoms with Crippen molar-refractivity contribution < 1.29 is 18.9 Å². The third-order valence-corrected chi connectivity index (χ3v) is 1.10. The normalized spacial score (nSPS) is 16.6. The average Bonchev–Trinajstić information content (AvgIpc) is 1.98. The number of ketones is 2. The zero-order valence-corrected chi connectivity index (χ0v) is 6.00. The molecule has 1 aliphatic carbocycles. The predicted octanol–water partition coefficient (Wildman–Crippen LogP) is 0.680. The van der Waals surface area contributed by atoms with E-state index >= 15 is 0 Å². The van der Waals surface area contributed by atoms with Crippen molar-refractivity contribution >= 4 is 23.4 Å². The van der Waals surface area contributed by atoms with E-state index in [1.54, 1.807) is 0 Å². The number of hydrogen-bond donors (Lipinski definition) is 0. The first kappa shape index (κ1) is 7.97. The fourth-order valence-corrected chi connectivity index (χ4v) is 0.655. The van der Waals surface area contributed by atoms with Gasteiger partial charge in [-0.05, 0) is 12.2 Å². The highest BCUT2D eigenvalue weighted by Gasteiger charge is 2.15. The van der Waals surface area contributed by atoms with Crippen LogP contribution in [0.3, 0.4) is 0 Å². The lowest BCUT2D eigenvalue weighted by atomic mass is 10.1. The summed E-state index contributed by atoms with van der Waals surface area (Å²) in [6.45, 7) is 0. The molecule has 0 saturated heterocycles. The van der Waals surface area contributed by atoms with E-state index in [4.69, 9.17) is 11.9 Å². The van der Waals surface area contributed by atoms with Gasteiger partial charge in [-0.2, -0.15) is 0 Å². The topological polar surface area (TPSA) is 52.6 Å². The van der Waals surface area contributed by atoms with Crippen LogP contribution >= 0.6 is 11.9 Å². The monoisotopic (exact) mass is 174 g/mol. The summed E-state index contributed by atoms with van der Waals surface area (Å²) in [6, 6.07) is 0. The Morgan fingerprint density at radius 1 is 1.27 bits per heavy atom. The number of halogens is 1. The van der Waals surface area contributed by atoms with Gasteiger partial charge in [0.15, 0.2) is 5.78 Å². The molecule has 4 nitrogen and oxygen atoms in total. The third kappa shape index (κ3) is 1.89. The Morgan fingerprint density at radius 2 is 2.00 bits per heavy atom. The molecule has 0 N–H and O–H groups in total. The molecule has 0 atom stereocenters. The van der Waals surface area contributed by atoms with Gasteiger partial charge in [-0.3, -0.25) is 9.59 Å². The van der Waals surface area contributed by atoms with Crippen molar-refractivity contribution in [3.8, 4) is 0 Å². The molecule has 0 aromatic rings. The van der Waals surface area contributed by atoms with Crippen LogP contribution in [-0.4, -0.2) is 11.6 Å². The highest BCUT2D eigenvalue weighted by Crippen LogP contribution is 2.07. The van der Waals surface area contributed by atoms with Crippen LogP contribution in [0, 0.1) is 0 Å². The summed E-state index contributed by atoms with van der Waals surface area (Å²) >= 11 is 4.70. The van der Waals surface area contributed by atoms with Crippen LogP contribution in [0.5, 0.6) is 0 Å². The molecule has 0 aromatic heterocycles. The van der Waals surface area contributed by atoms with Crippen LogP contribution in [0.4, 0.5) is 0 Å². The maximum Gasteiger partial charge on any atom is 0.224 e. The van der Waals surface area contributed by atoms with Gasteiger partial charge in [-0.25, -0.2) is 0 Å². The predicted molar refractivity (Wildman–Crippen MR) is 35.3 cm³/mol. The van der Waals surface area contributed by atoms with E-state index in [0.29, 0.717) is 0 Å². The fourth-order valence-electron chi connectivity index (χ4n) is 0.587. The maximum absolute atomic E-state index is 10.8. The first-order chi connectivity index (χ1) is 5.24. The van der Waals surface area contributed by atoms with Crippen LogP contribution in [0.1, 0.15) is 0 Å². The highest BCUT2D eigenvalue weighted by atomic mass is 35.5. The SMILES string of the molecule is O=C1C=CC(=O)C(OOCl)=C1. The summed E-state index contributed by atoms with van der Waals surface area (Å²) in [5.41, 5.74) is 0. The highest BCUT2D eigenvalue weighted by molar-refractivity contribution is 6.16. The summed E-state index contributed by atoms with van der Waals surface area (Å²) in [4.78, 5) is 25.5. The molecule has 0 aliphatic heterocycles. The van der Waals surface area contributed by atoms with Crippen LogP contribution < -0.4 is 0 Å². The Hall–Kier alpha value is -1.13. The van der Waals surface area contributed by atoms with Crippen LogP contribution in [-0.2, 0) is 18.9 Å². The zero-order chi connectivity index (χ0) is 8.27. The molecule has 0 saturated carbocycles. The first-order valence-corrected chi connectivity index (χ1v) is 2.98. The largest absolute Gasteiger partial charge is 0.315 e. The van der Waals surface area contributed by atoms with Crippen molar-refractivity contribution in [2.45, 2.75) is 0 Å². The smallest absolute Gasteiger partial charge is 0.224 e. The second-order valence-corrected chi connectivity index (χ2v) is 1.88. The number of carbonyl (C=O) groups excluding carboxylic acids is 2. The Bertz CT molecular complexity index is 253. The molecular weight excluding hydrogens is 172 g/mol. The molecule has 0 radical (unpaired) electrons. The summed E-state index contributed by atoms with van der Waals surface area (Å²) in [6.07, 6.45) is 3.20. The Balaban J connectivity index is 2.76. The standard InChI is InChI=1S/C6H3ClO4/c7-11-10-6-3-4(8)1-2-5(6)9/h1-3H. The van der Waals surface area contributed by atoms with Crippen molar-refractivity contribution in [1.82, 2.24) is 0 Å². The van der Waals surface area contributed by atoms with Gasteiger partial charge in [0.2, 0.25) is 11.5 Å². The molecule has 58 valence electrons. The molecule has 0 fully saturated rings. The second-order valence-electron chi connectivity index (χ2n) is 1.75. The minimum Gasteiger partial charge on any atom is -0.315 e. The van der Waals surface area contributed by atoms with Gasteiger partial charge in [-0.1, -0.05) is 4.44 Å². The minimum atomic E-state index is -0.453. The molecule has 1 rings (SSSR count). The van der Waals surface area contributed by atoms with Gasteiger partial charge in [-0.15, -0.1) is 0 Å².